The van der Waals surface area contributed by atoms with Crippen molar-refractivity contribution in [2.45, 2.75) is 64.0 Å². The first kappa shape index (κ1) is 14.3. The normalized spacial score (nSPS) is 23.3. The number of rotatable bonds is 10. The van der Waals surface area contributed by atoms with Crippen LogP contribution in [0.4, 0.5) is 0 Å². The molecule has 2 aliphatic carbocycles. The summed E-state index contributed by atoms with van der Waals surface area (Å²) in [6.07, 6.45) is 7.73. The van der Waals surface area contributed by atoms with E-state index in [1.807, 2.05) is 0 Å². The number of aliphatic hydroxyl groups excluding tert-OH is 1. The summed E-state index contributed by atoms with van der Waals surface area (Å²) in [5, 5.41) is 13.2. The minimum absolute atomic E-state index is 0.0727. The highest BCUT2D eigenvalue weighted by atomic mass is 16.3. The van der Waals surface area contributed by atoms with E-state index >= 15 is 0 Å². The van der Waals surface area contributed by atoms with Gasteiger partial charge in [-0.05, 0) is 64.5 Å². The second-order valence-electron chi connectivity index (χ2n) is 6.63. The molecule has 2 fully saturated rings. The summed E-state index contributed by atoms with van der Waals surface area (Å²) in [4.78, 5) is 2.60. The lowest BCUT2D eigenvalue weighted by molar-refractivity contribution is 0.142. The van der Waals surface area contributed by atoms with Gasteiger partial charge < -0.3 is 15.3 Å². The van der Waals surface area contributed by atoms with E-state index < -0.39 is 0 Å². The van der Waals surface area contributed by atoms with Crippen LogP contribution in [-0.2, 0) is 0 Å². The lowest BCUT2D eigenvalue weighted by Gasteiger charge is -2.32. The van der Waals surface area contributed by atoms with Crippen LogP contribution >= 0.6 is 0 Å². The van der Waals surface area contributed by atoms with Gasteiger partial charge in [-0.3, -0.25) is 0 Å². The molecule has 0 aromatic rings. The highest BCUT2D eigenvalue weighted by Gasteiger charge is 2.32. The predicted octanol–water partition coefficient (Wildman–Crippen LogP) is 2.00. The molecule has 1 atom stereocenters. The summed E-state index contributed by atoms with van der Waals surface area (Å²) in [5.41, 5.74) is -0.0727. The second-order valence-corrected chi connectivity index (χ2v) is 6.63. The Kier molecular flexibility index (Phi) is 5.05. The molecule has 0 aromatic heterocycles. The van der Waals surface area contributed by atoms with Gasteiger partial charge in [-0.2, -0.15) is 0 Å². The average molecular weight is 254 g/mol. The molecule has 0 saturated heterocycles. The fourth-order valence-corrected chi connectivity index (χ4v) is 2.60. The topological polar surface area (TPSA) is 35.5 Å². The molecule has 0 heterocycles. The van der Waals surface area contributed by atoms with Gasteiger partial charge in [-0.1, -0.05) is 6.92 Å². The molecule has 2 aliphatic rings. The maximum Gasteiger partial charge on any atom is 0.0611 e. The molecule has 0 radical (unpaired) electrons. The van der Waals surface area contributed by atoms with Gasteiger partial charge in [0.15, 0.2) is 0 Å². The van der Waals surface area contributed by atoms with Crippen LogP contribution in [0.1, 0.15) is 52.4 Å². The van der Waals surface area contributed by atoms with Crippen molar-refractivity contribution in [3.05, 3.63) is 0 Å². The zero-order valence-electron chi connectivity index (χ0n) is 12.1. The zero-order valence-corrected chi connectivity index (χ0v) is 12.1. The lowest BCUT2D eigenvalue weighted by atomic mass is 9.98. The van der Waals surface area contributed by atoms with Gasteiger partial charge in [0.25, 0.3) is 0 Å². The van der Waals surface area contributed by atoms with Crippen LogP contribution in [0.25, 0.3) is 0 Å². The Bertz CT molecular complexity index is 251. The van der Waals surface area contributed by atoms with Crippen molar-refractivity contribution in [1.29, 1.82) is 0 Å². The molecule has 106 valence electrons. The summed E-state index contributed by atoms with van der Waals surface area (Å²) in [6, 6.07) is 0.671. The largest absolute Gasteiger partial charge is 0.394 e. The van der Waals surface area contributed by atoms with Crippen molar-refractivity contribution >= 4 is 0 Å². The molecule has 3 nitrogen and oxygen atoms in total. The van der Waals surface area contributed by atoms with Crippen molar-refractivity contribution in [3.8, 4) is 0 Å². The van der Waals surface area contributed by atoms with Crippen LogP contribution in [0.2, 0.25) is 0 Å². The minimum atomic E-state index is -0.0727. The second kappa shape index (κ2) is 6.36. The highest BCUT2D eigenvalue weighted by Crippen LogP contribution is 2.30. The number of aliphatic hydroxyl groups is 1. The quantitative estimate of drug-likeness (QED) is 0.626. The van der Waals surface area contributed by atoms with Crippen molar-refractivity contribution < 1.29 is 5.11 Å². The van der Waals surface area contributed by atoms with Gasteiger partial charge >= 0.3 is 0 Å². The van der Waals surface area contributed by atoms with E-state index in [2.05, 4.69) is 24.1 Å². The average Bonchev–Trinajstić information content (AvgIpc) is 3.22. The van der Waals surface area contributed by atoms with Gasteiger partial charge in [-0.25, -0.2) is 0 Å². The van der Waals surface area contributed by atoms with Crippen molar-refractivity contribution in [2.24, 2.45) is 5.92 Å². The zero-order chi connectivity index (χ0) is 13.0. The van der Waals surface area contributed by atoms with E-state index in [1.54, 1.807) is 0 Å². The monoisotopic (exact) mass is 254 g/mol. The Labute approximate surface area is 112 Å². The Morgan fingerprint density at radius 3 is 2.44 bits per heavy atom. The van der Waals surface area contributed by atoms with Crippen molar-refractivity contribution in [2.75, 3.05) is 26.2 Å². The van der Waals surface area contributed by atoms with Gasteiger partial charge in [0.05, 0.1) is 6.61 Å². The van der Waals surface area contributed by atoms with E-state index in [-0.39, 0.29) is 12.1 Å². The maximum absolute atomic E-state index is 9.62. The van der Waals surface area contributed by atoms with Crippen LogP contribution < -0.4 is 5.32 Å². The smallest absolute Gasteiger partial charge is 0.0611 e. The standard InChI is InChI=1S/C15H30N2O/c1-3-9-17(11-13-4-5-13)10-8-15(2,12-18)16-14-6-7-14/h13-14,16,18H,3-12H2,1-2H3. The van der Waals surface area contributed by atoms with E-state index in [4.69, 9.17) is 0 Å². The minimum Gasteiger partial charge on any atom is -0.394 e. The molecule has 2 rings (SSSR count). The number of hydrogen-bond donors (Lipinski definition) is 2. The summed E-state index contributed by atoms with van der Waals surface area (Å²) in [6.45, 7) is 8.30. The number of nitrogens with zero attached hydrogens (tertiary/aromatic N) is 1. The SMILES string of the molecule is CCCN(CCC(C)(CO)NC1CC1)CC1CC1. The molecular weight excluding hydrogens is 224 g/mol. The fraction of sp³-hybridized carbons (Fsp3) is 1.00. The number of hydrogen-bond acceptors (Lipinski definition) is 3. The Morgan fingerprint density at radius 1 is 1.22 bits per heavy atom. The van der Waals surface area contributed by atoms with Crippen LogP contribution in [0.15, 0.2) is 0 Å². The summed E-state index contributed by atoms with van der Waals surface area (Å²) >= 11 is 0. The third kappa shape index (κ3) is 4.87. The summed E-state index contributed by atoms with van der Waals surface area (Å²) in [5.74, 6) is 0.966. The Balaban J connectivity index is 1.73. The Hall–Kier alpha value is -0.120. The van der Waals surface area contributed by atoms with Gasteiger partial charge in [0.1, 0.15) is 0 Å². The molecule has 3 heteroatoms. The molecule has 1 unspecified atom stereocenters. The molecule has 2 N–H and O–H groups in total. The van der Waals surface area contributed by atoms with Crippen molar-refractivity contribution in [3.63, 3.8) is 0 Å². The summed E-state index contributed by atoms with van der Waals surface area (Å²) < 4.78 is 0. The van der Waals surface area contributed by atoms with Crippen LogP contribution in [0.3, 0.4) is 0 Å². The molecular formula is C15H30N2O. The van der Waals surface area contributed by atoms with E-state index in [9.17, 15) is 5.11 Å². The molecule has 18 heavy (non-hydrogen) atoms. The van der Waals surface area contributed by atoms with Gasteiger partial charge in [-0.15, -0.1) is 0 Å². The first-order valence-electron chi connectivity index (χ1n) is 7.76. The Morgan fingerprint density at radius 2 is 1.94 bits per heavy atom. The highest BCUT2D eigenvalue weighted by molar-refractivity contribution is 4.93. The maximum atomic E-state index is 9.62. The van der Waals surface area contributed by atoms with Gasteiger partial charge in [0, 0.05) is 18.1 Å². The van der Waals surface area contributed by atoms with Crippen LogP contribution in [-0.4, -0.2) is 47.8 Å². The molecule has 0 aromatic carbocycles. The predicted molar refractivity (Wildman–Crippen MR) is 75.7 cm³/mol. The first-order chi connectivity index (χ1) is 8.65. The van der Waals surface area contributed by atoms with Crippen molar-refractivity contribution in [1.82, 2.24) is 10.2 Å². The summed E-state index contributed by atoms with van der Waals surface area (Å²) in [7, 11) is 0. The van der Waals surface area contributed by atoms with Crippen LogP contribution in [0, 0.1) is 5.92 Å². The van der Waals surface area contributed by atoms with E-state index in [1.165, 1.54) is 45.2 Å². The molecule has 0 amide bonds. The molecule has 0 aliphatic heterocycles. The lowest BCUT2D eigenvalue weighted by Crippen LogP contribution is -2.49. The van der Waals surface area contributed by atoms with Crippen LogP contribution in [0.5, 0.6) is 0 Å². The third-order valence-corrected chi connectivity index (χ3v) is 4.21. The molecule has 2 saturated carbocycles. The fourth-order valence-electron chi connectivity index (χ4n) is 2.60. The number of nitrogens with one attached hydrogen (secondary N) is 1. The van der Waals surface area contributed by atoms with Gasteiger partial charge in [0.2, 0.25) is 0 Å². The van der Waals surface area contributed by atoms with E-state index in [0.717, 1.165) is 18.9 Å². The molecule has 0 bridgehead atoms. The van der Waals surface area contributed by atoms with E-state index in [0.29, 0.717) is 6.04 Å². The third-order valence-electron chi connectivity index (χ3n) is 4.21. The first-order valence-corrected chi connectivity index (χ1v) is 7.76. The molecule has 0 spiro atoms.